The van der Waals surface area contributed by atoms with E-state index in [1.54, 1.807) is 0 Å². The lowest BCUT2D eigenvalue weighted by Gasteiger charge is -2.48. The minimum absolute atomic E-state index is 0.00148. The lowest BCUT2D eigenvalue weighted by molar-refractivity contribution is -0.0673. The van der Waals surface area contributed by atoms with Crippen LogP contribution < -0.4 is 0 Å². The van der Waals surface area contributed by atoms with Gasteiger partial charge in [-0.3, -0.25) is 4.90 Å². The number of hydrogen-bond acceptors (Lipinski definition) is 2. The number of nitrogens with zero attached hydrogens (tertiary/aromatic N) is 1. The topological polar surface area (TPSA) is 23.5 Å². The molecule has 0 aromatic heterocycles. The molecule has 1 N–H and O–H groups in total. The van der Waals surface area contributed by atoms with Crippen molar-refractivity contribution in [2.24, 2.45) is 5.92 Å². The zero-order valence-corrected chi connectivity index (χ0v) is 13.6. The van der Waals surface area contributed by atoms with Gasteiger partial charge in [0, 0.05) is 5.54 Å². The molecule has 0 aromatic carbocycles. The first kappa shape index (κ1) is 17.0. The minimum Gasteiger partial charge on any atom is -0.391 e. The Hall–Kier alpha value is -0.0800. The van der Waals surface area contributed by atoms with Gasteiger partial charge in [0.05, 0.1) is 6.10 Å². The van der Waals surface area contributed by atoms with Crippen LogP contribution in [0.2, 0.25) is 0 Å². The Kier molecular flexibility index (Phi) is 7.38. The SMILES string of the molecule is CCN(CC)C(CC)(CC)C(O)C1CCCCCC1. The molecule has 1 fully saturated rings. The molecule has 0 bridgehead atoms. The highest BCUT2D eigenvalue weighted by atomic mass is 16.3. The second kappa shape index (κ2) is 8.26. The standard InChI is InChI=1S/C17H35NO/c1-5-17(6-2,18(7-3)8-4)16(19)15-13-11-9-10-12-14-15/h15-16,19H,5-14H2,1-4H3. The highest BCUT2D eigenvalue weighted by Gasteiger charge is 2.42. The molecule has 0 aliphatic heterocycles. The van der Waals surface area contributed by atoms with Gasteiger partial charge in [-0.2, -0.15) is 0 Å². The molecule has 0 saturated heterocycles. The van der Waals surface area contributed by atoms with Crippen molar-refractivity contribution in [2.45, 2.75) is 90.7 Å². The van der Waals surface area contributed by atoms with Crippen LogP contribution in [0.3, 0.4) is 0 Å². The van der Waals surface area contributed by atoms with Crippen molar-refractivity contribution in [1.82, 2.24) is 4.90 Å². The Morgan fingerprint density at radius 3 is 1.79 bits per heavy atom. The van der Waals surface area contributed by atoms with Crippen LogP contribution in [0.25, 0.3) is 0 Å². The van der Waals surface area contributed by atoms with Crippen molar-refractivity contribution in [1.29, 1.82) is 0 Å². The monoisotopic (exact) mass is 269 g/mol. The van der Waals surface area contributed by atoms with Crippen LogP contribution in [0, 0.1) is 5.92 Å². The molecule has 1 aliphatic carbocycles. The lowest BCUT2D eigenvalue weighted by Crippen LogP contribution is -2.58. The van der Waals surface area contributed by atoms with Gasteiger partial charge < -0.3 is 5.11 Å². The maximum Gasteiger partial charge on any atom is 0.0751 e. The third-order valence-corrected chi connectivity index (χ3v) is 5.51. The number of aliphatic hydroxyl groups is 1. The van der Waals surface area contributed by atoms with E-state index in [1.807, 2.05) is 0 Å². The molecular weight excluding hydrogens is 234 g/mol. The fourth-order valence-electron chi connectivity index (χ4n) is 4.22. The maximum absolute atomic E-state index is 11.1. The summed E-state index contributed by atoms with van der Waals surface area (Å²) in [5, 5.41) is 11.1. The summed E-state index contributed by atoms with van der Waals surface area (Å²) >= 11 is 0. The molecule has 1 saturated carbocycles. The number of likely N-dealkylation sites (N-methyl/N-ethyl adjacent to an activating group) is 1. The summed E-state index contributed by atoms with van der Waals surface area (Å²) in [6.07, 6.45) is 9.76. The Balaban J connectivity index is 2.88. The fourth-order valence-corrected chi connectivity index (χ4v) is 4.22. The first-order valence-corrected chi connectivity index (χ1v) is 8.59. The van der Waals surface area contributed by atoms with Crippen molar-refractivity contribution < 1.29 is 5.11 Å². The molecule has 0 aromatic rings. The van der Waals surface area contributed by atoms with Crippen molar-refractivity contribution in [3.05, 3.63) is 0 Å². The van der Waals surface area contributed by atoms with Gasteiger partial charge in [-0.25, -0.2) is 0 Å². The fraction of sp³-hybridized carbons (Fsp3) is 1.00. The van der Waals surface area contributed by atoms with Gasteiger partial charge in [-0.15, -0.1) is 0 Å². The molecule has 1 unspecified atom stereocenters. The third kappa shape index (κ3) is 3.72. The molecule has 2 heteroatoms. The van der Waals surface area contributed by atoms with Gasteiger partial charge in [0.2, 0.25) is 0 Å². The Labute approximate surface area is 120 Å². The molecule has 1 atom stereocenters. The second-order valence-corrected chi connectivity index (χ2v) is 6.18. The quantitative estimate of drug-likeness (QED) is 0.700. The maximum atomic E-state index is 11.1. The van der Waals surface area contributed by atoms with Gasteiger partial charge >= 0.3 is 0 Å². The summed E-state index contributed by atoms with van der Waals surface area (Å²) in [4.78, 5) is 2.50. The van der Waals surface area contributed by atoms with Crippen molar-refractivity contribution in [3.63, 3.8) is 0 Å². The van der Waals surface area contributed by atoms with Gasteiger partial charge in [-0.1, -0.05) is 53.4 Å². The average molecular weight is 269 g/mol. The van der Waals surface area contributed by atoms with E-state index >= 15 is 0 Å². The number of rotatable bonds is 7. The molecule has 1 rings (SSSR count). The van der Waals surface area contributed by atoms with Gasteiger partial charge in [0.15, 0.2) is 0 Å². The zero-order valence-electron chi connectivity index (χ0n) is 13.6. The second-order valence-electron chi connectivity index (χ2n) is 6.18. The van der Waals surface area contributed by atoms with E-state index < -0.39 is 0 Å². The summed E-state index contributed by atoms with van der Waals surface area (Å²) in [6, 6.07) is 0. The summed E-state index contributed by atoms with van der Waals surface area (Å²) < 4.78 is 0. The lowest BCUT2D eigenvalue weighted by atomic mass is 9.76. The summed E-state index contributed by atoms with van der Waals surface area (Å²) in [5.41, 5.74) is -0.00148. The first-order valence-electron chi connectivity index (χ1n) is 8.59. The van der Waals surface area contributed by atoms with Gasteiger partial charge in [-0.05, 0) is 44.7 Å². The molecule has 0 heterocycles. The average Bonchev–Trinajstić information content (AvgIpc) is 2.73. The van der Waals surface area contributed by atoms with Gasteiger partial charge in [0.25, 0.3) is 0 Å². The third-order valence-electron chi connectivity index (χ3n) is 5.51. The van der Waals surface area contributed by atoms with Crippen molar-refractivity contribution >= 4 is 0 Å². The smallest absolute Gasteiger partial charge is 0.0751 e. The molecule has 1 aliphatic rings. The van der Waals surface area contributed by atoms with Crippen LogP contribution in [-0.2, 0) is 0 Å². The largest absolute Gasteiger partial charge is 0.391 e. The van der Waals surface area contributed by atoms with E-state index in [0.717, 1.165) is 25.9 Å². The van der Waals surface area contributed by atoms with E-state index in [0.29, 0.717) is 5.92 Å². The molecule has 0 amide bonds. The number of aliphatic hydroxyl groups excluding tert-OH is 1. The van der Waals surface area contributed by atoms with Gasteiger partial charge in [0.1, 0.15) is 0 Å². The molecule has 0 spiro atoms. The molecule has 0 radical (unpaired) electrons. The molecule has 2 nitrogen and oxygen atoms in total. The molecular formula is C17H35NO. The van der Waals surface area contributed by atoms with E-state index in [-0.39, 0.29) is 11.6 Å². The van der Waals surface area contributed by atoms with Crippen LogP contribution in [0.1, 0.15) is 79.1 Å². The molecule has 19 heavy (non-hydrogen) atoms. The first-order chi connectivity index (χ1) is 9.16. The van der Waals surface area contributed by atoms with Crippen LogP contribution >= 0.6 is 0 Å². The zero-order chi connectivity index (χ0) is 14.3. The number of hydrogen-bond donors (Lipinski definition) is 1. The highest BCUT2D eigenvalue weighted by Crippen LogP contribution is 2.37. The summed E-state index contributed by atoms with van der Waals surface area (Å²) in [7, 11) is 0. The van der Waals surface area contributed by atoms with Crippen molar-refractivity contribution in [3.8, 4) is 0 Å². The summed E-state index contributed by atoms with van der Waals surface area (Å²) in [6.45, 7) is 11.0. The van der Waals surface area contributed by atoms with Crippen LogP contribution in [0.15, 0.2) is 0 Å². The van der Waals surface area contributed by atoms with Crippen LogP contribution in [0.5, 0.6) is 0 Å². The predicted octanol–water partition coefficient (Wildman–Crippen LogP) is 4.22. The van der Waals surface area contributed by atoms with E-state index in [4.69, 9.17) is 0 Å². The normalized spacial score (nSPS) is 20.5. The van der Waals surface area contributed by atoms with Crippen molar-refractivity contribution in [2.75, 3.05) is 13.1 Å². The van der Waals surface area contributed by atoms with E-state index in [1.165, 1.54) is 38.5 Å². The summed E-state index contributed by atoms with van der Waals surface area (Å²) in [5.74, 6) is 0.517. The van der Waals surface area contributed by atoms with Crippen LogP contribution in [-0.4, -0.2) is 34.7 Å². The van der Waals surface area contributed by atoms with E-state index in [9.17, 15) is 5.11 Å². The van der Waals surface area contributed by atoms with Crippen LogP contribution in [0.4, 0.5) is 0 Å². The molecule has 114 valence electrons. The van der Waals surface area contributed by atoms with E-state index in [2.05, 4.69) is 32.6 Å². The highest BCUT2D eigenvalue weighted by molar-refractivity contribution is 4.97. The Morgan fingerprint density at radius 1 is 0.947 bits per heavy atom. The minimum atomic E-state index is -0.152. The Bertz CT molecular complexity index is 225. The predicted molar refractivity (Wildman–Crippen MR) is 83.4 cm³/mol. The Morgan fingerprint density at radius 2 is 1.42 bits per heavy atom.